The lowest BCUT2D eigenvalue weighted by atomic mass is 10.1. The van der Waals surface area contributed by atoms with Crippen LogP contribution in [0.2, 0.25) is 0 Å². The van der Waals surface area contributed by atoms with Gasteiger partial charge < -0.3 is 5.32 Å². The van der Waals surface area contributed by atoms with Gasteiger partial charge in [-0.25, -0.2) is 22.0 Å². The fourth-order valence-electron chi connectivity index (χ4n) is 1.33. The van der Waals surface area contributed by atoms with E-state index in [4.69, 9.17) is 0 Å². The van der Waals surface area contributed by atoms with Crippen LogP contribution >= 0.6 is 0 Å². The van der Waals surface area contributed by atoms with Crippen LogP contribution in [-0.4, -0.2) is 12.5 Å². The minimum Gasteiger partial charge on any atom is -0.352 e. The molecule has 7 heteroatoms. The molecule has 2 nitrogen and oxygen atoms in total. The van der Waals surface area contributed by atoms with Gasteiger partial charge in [0.1, 0.15) is 5.56 Å². The Bertz CT molecular complexity index is 498. The molecule has 0 aliphatic heterocycles. The van der Waals surface area contributed by atoms with E-state index in [1.54, 1.807) is 19.1 Å². The molecule has 0 radical (unpaired) electrons. The molecular weight excluding hydrogens is 269 g/mol. The number of hydrogen-bond acceptors (Lipinski definition) is 1. The second-order valence-electron chi connectivity index (χ2n) is 3.56. The Morgan fingerprint density at radius 2 is 1.47 bits per heavy atom. The van der Waals surface area contributed by atoms with Gasteiger partial charge in [0.05, 0.1) is 0 Å². The highest BCUT2D eigenvalue weighted by atomic mass is 19.2. The van der Waals surface area contributed by atoms with E-state index in [1.165, 1.54) is 0 Å². The Morgan fingerprint density at radius 1 is 1.00 bits per heavy atom. The molecule has 0 aromatic heterocycles. The maximum Gasteiger partial charge on any atom is 0.257 e. The van der Waals surface area contributed by atoms with E-state index >= 15 is 0 Å². The Kier molecular flexibility index (Phi) is 5.02. The average Bonchev–Trinajstić information content (AvgIpc) is 2.39. The second kappa shape index (κ2) is 6.31. The maximum atomic E-state index is 13.2. The minimum atomic E-state index is -2.29. The summed E-state index contributed by atoms with van der Waals surface area (Å²) in [6.45, 7) is 1.74. The molecule has 0 heterocycles. The summed E-state index contributed by atoms with van der Waals surface area (Å²) in [5.41, 5.74) is -1.48. The van der Waals surface area contributed by atoms with E-state index in [-0.39, 0.29) is 6.54 Å². The maximum absolute atomic E-state index is 13.2. The van der Waals surface area contributed by atoms with Gasteiger partial charge in [0.15, 0.2) is 23.3 Å². The van der Waals surface area contributed by atoms with E-state index in [0.29, 0.717) is 6.42 Å². The Hall–Kier alpha value is -1.92. The summed E-state index contributed by atoms with van der Waals surface area (Å²) in [5.74, 6) is -12.2. The molecule has 0 fully saturated rings. The number of carbonyl (C=O) groups is 1. The SMILES string of the molecule is C/C=C/CCNC(=O)c1c(F)c(F)c(F)c(F)c1F. The van der Waals surface area contributed by atoms with Crippen molar-refractivity contribution in [3.8, 4) is 0 Å². The van der Waals surface area contributed by atoms with Crippen molar-refractivity contribution in [2.24, 2.45) is 0 Å². The molecule has 1 aromatic carbocycles. The molecule has 1 amide bonds. The van der Waals surface area contributed by atoms with Crippen molar-refractivity contribution in [1.82, 2.24) is 5.32 Å². The first-order chi connectivity index (χ1) is 8.91. The fraction of sp³-hybridized carbons (Fsp3) is 0.250. The lowest BCUT2D eigenvalue weighted by Gasteiger charge is -2.08. The number of halogens is 5. The summed E-state index contributed by atoms with van der Waals surface area (Å²) in [7, 11) is 0. The molecule has 0 aliphatic carbocycles. The second-order valence-corrected chi connectivity index (χ2v) is 3.56. The van der Waals surface area contributed by atoms with Gasteiger partial charge in [-0.15, -0.1) is 0 Å². The van der Waals surface area contributed by atoms with Gasteiger partial charge in [-0.05, 0) is 13.3 Å². The first-order valence-electron chi connectivity index (χ1n) is 5.32. The molecular formula is C12H10F5NO. The van der Waals surface area contributed by atoms with E-state index in [0.717, 1.165) is 0 Å². The summed E-state index contributed by atoms with van der Waals surface area (Å²) in [4.78, 5) is 11.4. The zero-order chi connectivity index (χ0) is 14.6. The Morgan fingerprint density at radius 3 is 1.95 bits per heavy atom. The van der Waals surface area contributed by atoms with Crippen molar-refractivity contribution < 1.29 is 26.7 Å². The third kappa shape index (κ3) is 3.10. The predicted molar refractivity (Wildman–Crippen MR) is 58.0 cm³/mol. The fourth-order valence-corrected chi connectivity index (χ4v) is 1.33. The predicted octanol–water partition coefficient (Wildman–Crippen LogP) is 3.08. The molecule has 1 aromatic rings. The first-order valence-corrected chi connectivity index (χ1v) is 5.32. The highest BCUT2D eigenvalue weighted by molar-refractivity contribution is 5.94. The van der Waals surface area contributed by atoms with Crippen LogP contribution in [-0.2, 0) is 0 Å². The van der Waals surface area contributed by atoms with Gasteiger partial charge in [-0.2, -0.15) is 0 Å². The summed E-state index contributed by atoms with van der Waals surface area (Å²) < 4.78 is 64.9. The highest BCUT2D eigenvalue weighted by Crippen LogP contribution is 2.22. The molecule has 19 heavy (non-hydrogen) atoms. The molecule has 0 bridgehead atoms. The molecule has 0 saturated heterocycles. The van der Waals surface area contributed by atoms with Gasteiger partial charge in [0, 0.05) is 6.54 Å². The van der Waals surface area contributed by atoms with Crippen LogP contribution in [0.5, 0.6) is 0 Å². The van der Waals surface area contributed by atoms with Gasteiger partial charge in [0.25, 0.3) is 5.91 Å². The van der Waals surface area contributed by atoms with E-state index in [9.17, 15) is 26.7 Å². The van der Waals surface area contributed by atoms with Crippen LogP contribution in [0.3, 0.4) is 0 Å². The lowest BCUT2D eigenvalue weighted by Crippen LogP contribution is -2.27. The Labute approximate surface area is 105 Å². The largest absolute Gasteiger partial charge is 0.352 e. The molecule has 104 valence electrons. The Balaban J connectivity index is 3.03. The molecule has 0 atom stereocenters. The average molecular weight is 279 g/mol. The molecule has 0 unspecified atom stereocenters. The van der Waals surface area contributed by atoms with Gasteiger partial charge in [-0.1, -0.05) is 12.2 Å². The van der Waals surface area contributed by atoms with E-state index in [1.807, 2.05) is 0 Å². The number of allylic oxidation sites excluding steroid dienone is 1. The van der Waals surface area contributed by atoms with Crippen molar-refractivity contribution in [1.29, 1.82) is 0 Å². The van der Waals surface area contributed by atoms with Crippen molar-refractivity contribution in [3.63, 3.8) is 0 Å². The zero-order valence-electron chi connectivity index (χ0n) is 9.87. The van der Waals surface area contributed by atoms with Gasteiger partial charge in [0.2, 0.25) is 5.82 Å². The number of rotatable bonds is 4. The van der Waals surface area contributed by atoms with Crippen LogP contribution < -0.4 is 5.32 Å². The topological polar surface area (TPSA) is 29.1 Å². The third-order valence-corrected chi connectivity index (χ3v) is 2.27. The van der Waals surface area contributed by atoms with Crippen molar-refractivity contribution >= 4 is 5.91 Å². The first kappa shape index (κ1) is 15.1. The van der Waals surface area contributed by atoms with Gasteiger partial charge in [-0.3, -0.25) is 4.79 Å². The lowest BCUT2D eigenvalue weighted by molar-refractivity contribution is 0.0942. The van der Waals surface area contributed by atoms with Crippen LogP contribution in [0.25, 0.3) is 0 Å². The molecule has 1 N–H and O–H groups in total. The molecule has 0 spiro atoms. The van der Waals surface area contributed by atoms with E-state index in [2.05, 4.69) is 5.32 Å². The number of hydrogen-bond donors (Lipinski definition) is 1. The monoisotopic (exact) mass is 279 g/mol. The molecule has 0 aliphatic rings. The zero-order valence-corrected chi connectivity index (χ0v) is 9.87. The number of carbonyl (C=O) groups excluding carboxylic acids is 1. The van der Waals surface area contributed by atoms with Crippen LogP contribution in [0.15, 0.2) is 12.2 Å². The summed E-state index contributed by atoms with van der Waals surface area (Å²) >= 11 is 0. The van der Waals surface area contributed by atoms with Crippen molar-refractivity contribution in [3.05, 3.63) is 46.8 Å². The van der Waals surface area contributed by atoms with Crippen molar-refractivity contribution in [2.75, 3.05) is 6.54 Å². The summed E-state index contributed by atoms with van der Waals surface area (Å²) in [6.07, 6.45) is 3.72. The van der Waals surface area contributed by atoms with Crippen LogP contribution in [0.1, 0.15) is 23.7 Å². The molecule has 0 saturated carbocycles. The quantitative estimate of drug-likeness (QED) is 0.296. The van der Waals surface area contributed by atoms with Gasteiger partial charge >= 0.3 is 0 Å². The summed E-state index contributed by atoms with van der Waals surface area (Å²) in [5, 5.41) is 2.06. The van der Waals surface area contributed by atoms with Crippen LogP contribution in [0.4, 0.5) is 22.0 Å². The normalized spacial score (nSPS) is 11.1. The molecule has 1 rings (SSSR count). The standard InChI is InChI=1S/C12H10F5NO/c1-2-3-4-5-18-12(19)6-7(13)9(15)11(17)10(16)8(6)14/h2-3H,4-5H2,1H3,(H,18,19)/b3-2+. The third-order valence-electron chi connectivity index (χ3n) is 2.27. The minimum absolute atomic E-state index is 0.0165. The summed E-state index contributed by atoms with van der Waals surface area (Å²) in [6, 6.07) is 0. The number of nitrogens with one attached hydrogen (secondary N) is 1. The number of amides is 1. The van der Waals surface area contributed by atoms with E-state index < -0.39 is 40.6 Å². The van der Waals surface area contributed by atoms with Crippen molar-refractivity contribution in [2.45, 2.75) is 13.3 Å². The van der Waals surface area contributed by atoms with Crippen LogP contribution in [0, 0.1) is 29.1 Å². The smallest absolute Gasteiger partial charge is 0.257 e. The highest BCUT2D eigenvalue weighted by Gasteiger charge is 2.29. The number of benzene rings is 1.